The summed E-state index contributed by atoms with van der Waals surface area (Å²) in [5.74, 6) is 1.66. The van der Waals surface area contributed by atoms with Crippen LogP contribution >= 0.6 is 0 Å². The Hall–Kier alpha value is -1.14. The van der Waals surface area contributed by atoms with Gasteiger partial charge in [0.25, 0.3) is 0 Å². The number of aliphatic hydroxyl groups excluding tert-OH is 2. The number of carbonyl (C=O) groups is 2. The Morgan fingerprint density at radius 3 is 2.41 bits per heavy atom. The summed E-state index contributed by atoms with van der Waals surface area (Å²) in [7, 11) is 0. The molecule has 0 aromatic heterocycles. The summed E-state index contributed by atoms with van der Waals surface area (Å²) >= 11 is 0. The Labute approximate surface area is 192 Å². The van der Waals surface area contributed by atoms with Crippen molar-refractivity contribution >= 4 is 11.9 Å². The molecule has 1 amide bonds. The minimum atomic E-state index is -1.01. The maximum Gasteiger partial charge on any atom is 0.322 e. The molecule has 0 bridgehead atoms. The molecule has 4 fully saturated rings. The molecule has 0 heterocycles. The average molecular weight is 450 g/mol. The van der Waals surface area contributed by atoms with Crippen LogP contribution in [0.25, 0.3) is 0 Å². The van der Waals surface area contributed by atoms with Crippen molar-refractivity contribution in [3.05, 3.63) is 0 Å². The van der Waals surface area contributed by atoms with E-state index in [4.69, 9.17) is 5.11 Å². The maximum atomic E-state index is 12.0. The van der Waals surface area contributed by atoms with Gasteiger partial charge in [-0.3, -0.25) is 9.59 Å². The maximum absolute atomic E-state index is 12.0. The summed E-state index contributed by atoms with van der Waals surface area (Å²) in [6.07, 6.45) is 9.06. The van der Waals surface area contributed by atoms with Crippen LogP contribution in [0.2, 0.25) is 0 Å². The van der Waals surface area contributed by atoms with Gasteiger partial charge in [0.15, 0.2) is 0 Å². The molecule has 182 valence electrons. The molecule has 0 aromatic rings. The first-order chi connectivity index (χ1) is 15.1. The number of aliphatic hydroxyl groups is 2. The van der Waals surface area contributed by atoms with Crippen molar-refractivity contribution < 1.29 is 24.9 Å². The zero-order valence-corrected chi connectivity index (χ0v) is 20.1. The van der Waals surface area contributed by atoms with Gasteiger partial charge < -0.3 is 20.6 Å². The third kappa shape index (κ3) is 4.11. The first-order valence-electron chi connectivity index (χ1n) is 12.9. The third-order valence-electron chi connectivity index (χ3n) is 10.7. The second-order valence-electron chi connectivity index (χ2n) is 12.1. The number of aliphatic carboxylic acids is 1. The fraction of sp³-hybridized carbons (Fsp3) is 0.923. The van der Waals surface area contributed by atoms with Gasteiger partial charge in [0, 0.05) is 6.42 Å². The quantitative estimate of drug-likeness (QED) is 0.496. The molecule has 4 N–H and O–H groups in total. The molecule has 10 atom stereocenters. The first-order valence-corrected chi connectivity index (χ1v) is 12.9. The molecule has 4 aliphatic rings. The Balaban J connectivity index is 1.44. The summed E-state index contributed by atoms with van der Waals surface area (Å²) in [5.41, 5.74) is 0.451. The molecule has 5 unspecified atom stereocenters. The molecule has 0 saturated heterocycles. The predicted octanol–water partition coefficient (Wildman–Crippen LogP) is 3.59. The standard InChI is InChI=1S/C26H43NO5/c1-15(4-7-22(30)27-14-23(31)32)18-5-6-19-24-20(9-11-26(18,19)3)25(2)10-8-17(28)12-16(25)13-21(24)29/h15-21,24,28-29H,4-14H2,1-3H3,(H,27,30)(H,31,32)/t15-,16?,17-,18?,19?,20?,21+,24?,25+,26-/m1/s1. The van der Waals surface area contributed by atoms with Gasteiger partial charge in [-0.1, -0.05) is 20.8 Å². The van der Waals surface area contributed by atoms with E-state index in [0.29, 0.717) is 41.9 Å². The van der Waals surface area contributed by atoms with E-state index in [1.807, 2.05) is 0 Å². The van der Waals surface area contributed by atoms with Gasteiger partial charge in [-0.25, -0.2) is 0 Å². The minimum absolute atomic E-state index is 0.177. The highest BCUT2D eigenvalue weighted by atomic mass is 16.4. The molecular formula is C26H43NO5. The smallest absolute Gasteiger partial charge is 0.322 e. The summed E-state index contributed by atoms with van der Waals surface area (Å²) < 4.78 is 0. The molecule has 0 aliphatic heterocycles. The van der Waals surface area contributed by atoms with Crippen molar-refractivity contribution in [1.29, 1.82) is 0 Å². The molecule has 6 heteroatoms. The minimum Gasteiger partial charge on any atom is -0.480 e. The number of nitrogens with one attached hydrogen (secondary N) is 1. The fourth-order valence-electron chi connectivity index (χ4n) is 9.00. The zero-order chi connectivity index (χ0) is 23.3. The normalized spacial score (nSPS) is 46.5. The summed E-state index contributed by atoms with van der Waals surface area (Å²) in [4.78, 5) is 22.7. The Bertz CT molecular complexity index is 727. The summed E-state index contributed by atoms with van der Waals surface area (Å²) in [6, 6.07) is 0. The second-order valence-corrected chi connectivity index (χ2v) is 12.1. The molecule has 6 nitrogen and oxygen atoms in total. The Morgan fingerprint density at radius 1 is 1.00 bits per heavy atom. The van der Waals surface area contributed by atoms with Crippen LogP contribution < -0.4 is 5.32 Å². The lowest BCUT2D eigenvalue weighted by atomic mass is 9.43. The van der Waals surface area contributed by atoms with Crippen LogP contribution in [0.3, 0.4) is 0 Å². The van der Waals surface area contributed by atoms with Crippen LogP contribution in [-0.4, -0.2) is 45.9 Å². The van der Waals surface area contributed by atoms with Gasteiger partial charge in [-0.15, -0.1) is 0 Å². The highest BCUT2D eigenvalue weighted by Gasteiger charge is 2.62. The van der Waals surface area contributed by atoms with Gasteiger partial charge in [-0.05, 0) is 104 Å². The predicted molar refractivity (Wildman–Crippen MR) is 122 cm³/mol. The van der Waals surface area contributed by atoms with E-state index >= 15 is 0 Å². The molecule has 4 aliphatic carbocycles. The van der Waals surface area contributed by atoms with E-state index in [9.17, 15) is 19.8 Å². The van der Waals surface area contributed by atoms with Crippen molar-refractivity contribution in [2.24, 2.45) is 46.3 Å². The van der Waals surface area contributed by atoms with Gasteiger partial charge in [0.05, 0.1) is 12.2 Å². The van der Waals surface area contributed by atoms with Gasteiger partial charge in [0.1, 0.15) is 6.54 Å². The number of carbonyl (C=O) groups excluding carboxylic acids is 1. The topological polar surface area (TPSA) is 107 Å². The van der Waals surface area contributed by atoms with Crippen LogP contribution in [-0.2, 0) is 9.59 Å². The molecule has 0 aromatic carbocycles. The fourth-order valence-corrected chi connectivity index (χ4v) is 9.00. The molecule has 32 heavy (non-hydrogen) atoms. The Kier molecular flexibility index (Phi) is 6.68. The van der Waals surface area contributed by atoms with Crippen molar-refractivity contribution in [3.63, 3.8) is 0 Å². The van der Waals surface area contributed by atoms with E-state index in [2.05, 4.69) is 26.1 Å². The highest BCUT2D eigenvalue weighted by molar-refractivity contribution is 5.81. The van der Waals surface area contributed by atoms with Gasteiger partial charge >= 0.3 is 5.97 Å². The third-order valence-corrected chi connectivity index (χ3v) is 10.7. The van der Waals surface area contributed by atoms with E-state index < -0.39 is 5.97 Å². The van der Waals surface area contributed by atoms with Crippen LogP contribution in [0.1, 0.15) is 85.0 Å². The largest absolute Gasteiger partial charge is 0.480 e. The lowest BCUT2D eigenvalue weighted by Gasteiger charge is -2.62. The van der Waals surface area contributed by atoms with Crippen LogP contribution in [0.15, 0.2) is 0 Å². The van der Waals surface area contributed by atoms with Crippen LogP contribution in [0.5, 0.6) is 0 Å². The summed E-state index contributed by atoms with van der Waals surface area (Å²) in [6.45, 7) is 6.83. The van der Waals surface area contributed by atoms with Gasteiger partial charge in [-0.2, -0.15) is 0 Å². The number of carboxylic acid groups (broad SMARTS) is 1. The van der Waals surface area contributed by atoms with Crippen LogP contribution in [0.4, 0.5) is 0 Å². The van der Waals surface area contributed by atoms with Gasteiger partial charge in [0.2, 0.25) is 5.91 Å². The molecule has 4 rings (SSSR count). The number of hydrogen-bond acceptors (Lipinski definition) is 4. The first kappa shape index (κ1) is 24.0. The summed E-state index contributed by atoms with van der Waals surface area (Å²) in [5, 5.41) is 32.8. The van der Waals surface area contributed by atoms with Crippen molar-refractivity contribution in [1.82, 2.24) is 5.32 Å². The SMILES string of the molecule is C[C@H](CCC(=O)NCC(=O)O)C1CCC2C3C(CC[C@@]21C)[C@@]1(C)CC[C@@H](O)CC1C[C@@H]3O. The van der Waals surface area contributed by atoms with E-state index in [1.165, 1.54) is 12.8 Å². The Morgan fingerprint density at radius 2 is 1.69 bits per heavy atom. The number of fused-ring (bicyclic) bond motifs is 5. The highest BCUT2D eigenvalue weighted by Crippen LogP contribution is 2.68. The van der Waals surface area contributed by atoms with Crippen molar-refractivity contribution in [2.45, 2.75) is 97.2 Å². The average Bonchev–Trinajstić information content (AvgIpc) is 3.09. The molecule has 0 radical (unpaired) electrons. The molecular weight excluding hydrogens is 406 g/mol. The molecule has 0 spiro atoms. The number of rotatable bonds is 6. The van der Waals surface area contributed by atoms with E-state index in [-0.39, 0.29) is 35.5 Å². The van der Waals surface area contributed by atoms with E-state index in [0.717, 1.165) is 44.9 Å². The molecule has 4 saturated carbocycles. The van der Waals surface area contributed by atoms with E-state index in [1.54, 1.807) is 0 Å². The lowest BCUT2D eigenvalue weighted by molar-refractivity contribution is -0.174. The van der Waals surface area contributed by atoms with Crippen molar-refractivity contribution in [3.8, 4) is 0 Å². The number of carboxylic acids is 1. The van der Waals surface area contributed by atoms with Crippen LogP contribution in [0, 0.1) is 46.3 Å². The number of hydrogen-bond donors (Lipinski definition) is 4. The zero-order valence-electron chi connectivity index (χ0n) is 20.1. The monoisotopic (exact) mass is 449 g/mol. The van der Waals surface area contributed by atoms with Crippen molar-refractivity contribution in [2.75, 3.05) is 6.54 Å². The number of amides is 1. The lowest BCUT2D eigenvalue weighted by Crippen LogP contribution is -2.58. The second kappa shape index (κ2) is 8.90.